The zero-order chi connectivity index (χ0) is 40.5. The minimum Gasteiger partial charge on any atom is -0.462 e. The molecule has 0 saturated carbocycles. The number of epoxide rings is 1. The van der Waals surface area contributed by atoms with Crippen molar-refractivity contribution in [2.24, 2.45) is 0 Å². The number of hydrogen-bond acceptors (Lipinski definition) is 8. The van der Waals surface area contributed by atoms with E-state index in [1.54, 1.807) is 0 Å². The molecule has 4 atom stereocenters. The fourth-order valence-corrected chi connectivity index (χ4v) is 7.60. The van der Waals surface area contributed by atoms with Crippen molar-refractivity contribution in [3.63, 3.8) is 0 Å². The topological polar surface area (TPSA) is 121 Å². The number of phosphoric ester groups is 1. The highest BCUT2D eigenvalue weighted by atomic mass is 31.2. The smallest absolute Gasteiger partial charge is 0.462 e. The van der Waals surface area contributed by atoms with Crippen molar-refractivity contribution >= 4 is 19.8 Å². The maximum atomic E-state index is 12.7. The number of likely N-dealkylation sites (N-methyl/N-ethyl adjacent to an activating group) is 1. The molecule has 0 radical (unpaired) electrons. The number of nitrogens with zero attached hydrogens (tertiary/aromatic N) is 1. The summed E-state index contributed by atoms with van der Waals surface area (Å²) in [5, 5.41) is 0. The van der Waals surface area contributed by atoms with Gasteiger partial charge in [-0.2, -0.15) is 0 Å². The zero-order valence-electron chi connectivity index (χ0n) is 36.4. The van der Waals surface area contributed by atoms with Crippen molar-refractivity contribution < 1.29 is 46.8 Å². The minimum absolute atomic E-state index is 0.0323. The molecule has 1 heterocycles. The summed E-state index contributed by atoms with van der Waals surface area (Å²) in [6, 6.07) is 0. The second-order valence-electron chi connectivity index (χ2n) is 17.2. The van der Waals surface area contributed by atoms with Crippen LogP contribution in [0.25, 0.3) is 0 Å². The Balaban J connectivity index is 2.24. The van der Waals surface area contributed by atoms with E-state index in [0.29, 0.717) is 36.1 Å². The SMILES string of the molecule is CCCCCCCCCCCCCCCCCC(=O)OCC(COP(=O)(O)OCC[N+](C)(C)C)OC(=O)CCCCCCCCCC1OC1CCCCCC. The van der Waals surface area contributed by atoms with Gasteiger partial charge in [0, 0.05) is 12.8 Å². The molecule has 1 aliphatic heterocycles. The molecule has 55 heavy (non-hydrogen) atoms. The monoisotopic (exact) mass is 805 g/mol. The molecule has 1 fully saturated rings. The van der Waals surface area contributed by atoms with Crippen LogP contribution in [0.4, 0.5) is 0 Å². The van der Waals surface area contributed by atoms with Crippen LogP contribution in [-0.4, -0.2) is 87.1 Å². The molecule has 0 aromatic heterocycles. The Morgan fingerprint density at radius 2 is 0.982 bits per heavy atom. The van der Waals surface area contributed by atoms with Gasteiger partial charge in [-0.25, -0.2) is 4.57 Å². The first-order valence-electron chi connectivity index (χ1n) is 22.9. The molecule has 10 nitrogen and oxygen atoms in total. The molecular formula is C44H87NO9P+. The number of unbranched alkanes of at least 4 members (excludes halogenated alkanes) is 23. The summed E-state index contributed by atoms with van der Waals surface area (Å²) in [7, 11) is 1.48. The fraction of sp³-hybridized carbons (Fsp3) is 0.955. The van der Waals surface area contributed by atoms with Gasteiger partial charge >= 0.3 is 19.8 Å². The molecule has 0 amide bonds. The molecule has 0 spiro atoms. The molecule has 0 bridgehead atoms. The van der Waals surface area contributed by atoms with Crippen molar-refractivity contribution in [1.82, 2.24) is 0 Å². The largest absolute Gasteiger partial charge is 0.472 e. The van der Waals surface area contributed by atoms with Gasteiger partial charge in [-0.1, -0.05) is 168 Å². The third-order valence-corrected chi connectivity index (χ3v) is 11.5. The minimum atomic E-state index is -4.37. The molecule has 1 N–H and O–H groups in total. The summed E-state index contributed by atoms with van der Waals surface area (Å²) < 4.78 is 40.2. The van der Waals surface area contributed by atoms with Gasteiger partial charge in [-0.3, -0.25) is 18.6 Å². The molecule has 0 aromatic carbocycles. The van der Waals surface area contributed by atoms with Crippen LogP contribution >= 0.6 is 7.82 Å². The first kappa shape index (κ1) is 52.0. The summed E-state index contributed by atoms with van der Waals surface area (Å²) in [6.07, 6.45) is 34.4. The van der Waals surface area contributed by atoms with Crippen LogP contribution in [0.2, 0.25) is 0 Å². The second kappa shape index (κ2) is 33.9. The zero-order valence-corrected chi connectivity index (χ0v) is 37.3. The van der Waals surface area contributed by atoms with Crippen LogP contribution in [0.1, 0.15) is 206 Å². The standard InChI is InChI=1S/C44H86NO9P/c1-6-8-10-12-13-14-15-16-17-18-19-20-23-26-30-34-43(46)50-38-40(39-52-55(48,49)51-37-36-45(3,4)5)53-44(47)35-31-27-24-21-22-25-29-33-42-41(54-42)32-28-11-9-7-2/h40-42H,6-39H2,1-5H3/p+1. The second-order valence-corrected chi connectivity index (χ2v) is 18.6. The van der Waals surface area contributed by atoms with Crippen LogP contribution in [0, 0.1) is 0 Å². The summed E-state index contributed by atoms with van der Waals surface area (Å²) in [5.74, 6) is -0.798. The van der Waals surface area contributed by atoms with Crippen molar-refractivity contribution in [3.05, 3.63) is 0 Å². The summed E-state index contributed by atoms with van der Waals surface area (Å²) in [5.41, 5.74) is 0. The Kier molecular flexibility index (Phi) is 32.0. The van der Waals surface area contributed by atoms with Gasteiger partial charge in [-0.05, 0) is 25.7 Å². The Hall–Kier alpha value is -1.03. The van der Waals surface area contributed by atoms with Gasteiger partial charge in [0.2, 0.25) is 0 Å². The maximum Gasteiger partial charge on any atom is 0.472 e. The molecular weight excluding hydrogens is 717 g/mol. The van der Waals surface area contributed by atoms with Gasteiger partial charge in [0.25, 0.3) is 0 Å². The van der Waals surface area contributed by atoms with Gasteiger partial charge in [0.1, 0.15) is 19.8 Å². The number of quaternary nitrogens is 1. The highest BCUT2D eigenvalue weighted by Gasteiger charge is 2.36. The van der Waals surface area contributed by atoms with Crippen LogP contribution in [0.3, 0.4) is 0 Å². The van der Waals surface area contributed by atoms with Gasteiger partial charge in [-0.15, -0.1) is 0 Å². The Morgan fingerprint density at radius 3 is 1.44 bits per heavy atom. The average molecular weight is 805 g/mol. The summed E-state index contributed by atoms with van der Waals surface area (Å²) in [6.45, 7) is 4.42. The van der Waals surface area contributed by atoms with E-state index in [9.17, 15) is 19.0 Å². The predicted octanol–water partition coefficient (Wildman–Crippen LogP) is 11.8. The van der Waals surface area contributed by atoms with E-state index in [1.807, 2.05) is 21.1 Å². The first-order valence-corrected chi connectivity index (χ1v) is 24.4. The maximum absolute atomic E-state index is 12.7. The first-order chi connectivity index (χ1) is 26.5. The number of carbonyl (C=O) groups is 2. The normalized spacial score (nSPS) is 17.2. The van der Waals surface area contributed by atoms with Crippen LogP contribution in [0.15, 0.2) is 0 Å². The molecule has 1 rings (SSSR count). The molecule has 0 aromatic rings. The van der Waals surface area contributed by atoms with E-state index in [2.05, 4.69) is 13.8 Å². The van der Waals surface area contributed by atoms with Gasteiger partial charge in [0.05, 0.1) is 40.0 Å². The van der Waals surface area contributed by atoms with E-state index < -0.39 is 26.5 Å². The molecule has 326 valence electrons. The summed E-state index contributed by atoms with van der Waals surface area (Å²) in [4.78, 5) is 35.4. The average Bonchev–Trinajstić information content (AvgIpc) is 3.89. The highest BCUT2D eigenvalue weighted by molar-refractivity contribution is 7.47. The Morgan fingerprint density at radius 1 is 0.582 bits per heavy atom. The van der Waals surface area contributed by atoms with E-state index >= 15 is 0 Å². The highest BCUT2D eigenvalue weighted by Crippen LogP contribution is 2.43. The molecule has 4 unspecified atom stereocenters. The fourth-order valence-electron chi connectivity index (χ4n) is 6.86. The number of phosphoric acid groups is 1. The van der Waals surface area contributed by atoms with Gasteiger partial charge in [0.15, 0.2) is 6.10 Å². The van der Waals surface area contributed by atoms with E-state index in [-0.39, 0.29) is 25.6 Å². The quantitative estimate of drug-likeness (QED) is 0.0212. The van der Waals surface area contributed by atoms with Crippen LogP contribution in [0.5, 0.6) is 0 Å². The number of ether oxygens (including phenoxy) is 3. The lowest BCUT2D eigenvalue weighted by Gasteiger charge is -2.24. The molecule has 1 aliphatic rings. The number of rotatable bonds is 41. The lowest BCUT2D eigenvalue weighted by atomic mass is 10.0. The van der Waals surface area contributed by atoms with E-state index in [4.69, 9.17) is 23.3 Å². The van der Waals surface area contributed by atoms with Gasteiger partial charge < -0.3 is 23.6 Å². The van der Waals surface area contributed by atoms with Crippen molar-refractivity contribution in [3.8, 4) is 0 Å². The Bertz CT molecular complexity index is 975. The number of hydrogen-bond donors (Lipinski definition) is 1. The van der Waals surface area contributed by atoms with E-state index in [1.165, 1.54) is 135 Å². The lowest BCUT2D eigenvalue weighted by Crippen LogP contribution is -2.37. The molecule has 11 heteroatoms. The third kappa shape index (κ3) is 34.7. The van der Waals surface area contributed by atoms with Crippen molar-refractivity contribution in [2.75, 3.05) is 47.5 Å². The van der Waals surface area contributed by atoms with Crippen LogP contribution < -0.4 is 0 Å². The lowest BCUT2D eigenvalue weighted by molar-refractivity contribution is -0.870. The number of carbonyl (C=O) groups excluding carboxylic acids is 2. The van der Waals surface area contributed by atoms with Crippen LogP contribution in [-0.2, 0) is 37.4 Å². The molecule has 0 aliphatic carbocycles. The third-order valence-electron chi connectivity index (χ3n) is 10.6. The summed E-state index contributed by atoms with van der Waals surface area (Å²) >= 11 is 0. The van der Waals surface area contributed by atoms with Crippen molar-refractivity contribution in [1.29, 1.82) is 0 Å². The van der Waals surface area contributed by atoms with E-state index in [0.717, 1.165) is 38.5 Å². The number of esters is 2. The molecule has 1 saturated heterocycles. The Labute approximate surface area is 338 Å². The predicted molar refractivity (Wildman–Crippen MR) is 224 cm³/mol. The van der Waals surface area contributed by atoms with Crippen molar-refractivity contribution in [2.45, 2.75) is 225 Å².